The molecule has 3 aromatic carbocycles. The first-order valence-corrected chi connectivity index (χ1v) is 12.8. The lowest BCUT2D eigenvalue weighted by molar-refractivity contribution is -0.183. The number of ether oxygens (including phenoxy) is 2. The van der Waals surface area contributed by atoms with E-state index in [0.29, 0.717) is 6.54 Å². The lowest BCUT2D eigenvalue weighted by atomic mass is 9.80. The Morgan fingerprint density at radius 1 is 0.857 bits per heavy atom. The molecule has 2 aliphatic rings. The van der Waals surface area contributed by atoms with E-state index in [1.807, 2.05) is 97.9 Å². The topological polar surface area (TPSA) is 83.3 Å². The van der Waals surface area contributed by atoms with Crippen molar-refractivity contribution in [1.82, 2.24) is 5.32 Å². The molecule has 2 aliphatic heterocycles. The van der Waals surface area contributed by atoms with E-state index in [4.69, 9.17) is 9.47 Å². The van der Waals surface area contributed by atoms with Crippen molar-refractivity contribution in [3.8, 4) is 0 Å². The fourth-order valence-corrected chi connectivity index (χ4v) is 6.01. The number of hydrogen-bond acceptors (Lipinski definition) is 6. The fourth-order valence-electron chi connectivity index (χ4n) is 4.81. The predicted molar refractivity (Wildman–Crippen MR) is 138 cm³/mol. The molecule has 7 heteroatoms. The van der Waals surface area contributed by atoms with Crippen LogP contribution in [0.3, 0.4) is 0 Å². The maximum Gasteiger partial charge on any atom is 0.159 e. The molecule has 0 aromatic heterocycles. The quantitative estimate of drug-likeness (QED) is 0.440. The number of nitrogens with zero attached hydrogens (tertiary/aromatic N) is 1. The van der Waals surface area contributed by atoms with Crippen molar-refractivity contribution in [1.29, 1.82) is 0 Å². The maximum absolute atomic E-state index is 11.0. The van der Waals surface area contributed by atoms with Crippen LogP contribution in [0.15, 0.2) is 96.0 Å². The summed E-state index contributed by atoms with van der Waals surface area (Å²) in [6.07, 6.45) is -2.82. The third-order valence-corrected chi connectivity index (χ3v) is 7.63. The van der Waals surface area contributed by atoms with E-state index in [2.05, 4.69) is 10.3 Å². The molecule has 2 heterocycles. The molecule has 6 nitrogen and oxygen atoms in total. The summed E-state index contributed by atoms with van der Waals surface area (Å²) in [7, 11) is 0. The van der Waals surface area contributed by atoms with E-state index in [-0.39, 0.29) is 12.0 Å². The molecule has 35 heavy (non-hydrogen) atoms. The third-order valence-electron chi connectivity index (χ3n) is 6.53. The van der Waals surface area contributed by atoms with E-state index in [1.165, 1.54) is 11.8 Å². The van der Waals surface area contributed by atoms with Crippen LogP contribution in [-0.4, -0.2) is 58.3 Å². The van der Waals surface area contributed by atoms with Gasteiger partial charge in [0, 0.05) is 6.54 Å². The van der Waals surface area contributed by atoms with Gasteiger partial charge in [0.15, 0.2) is 5.17 Å². The molecule has 5 rings (SSSR count). The van der Waals surface area contributed by atoms with Crippen molar-refractivity contribution < 1.29 is 19.7 Å². The van der Waals surface area contributed by atoms with E-state index >= 15 is 0 Å². The van der Waals surface area contributed by atoms with Crippen LogP contribution in [0.1, 0.15) is 23.6 Å². The van der Waals surface area contributed by atoms with Crippen molar-refractivity contribution in [2.45, 2.75) is 42.3 Å². The smallest absolute Gasteiger partial charge is 0.159 e. The number of aliphatic hydroxyl groups is 2. The number of amidine groups is 1. The summed E-state index contributed by atoms with van der Waals surface area (Å²) in [6.45, 7) is 2.67. The summed E-state index contributed by atoms with van der Waals surface area (Å²) >= 11 is 1.44. The lowest BCUT2D eigenvalue weighted by Gasteiger charge is -2.42. The minimum Gasteiger partial charge on any atom is -0.388 e. The standard InChI is InChI=1S/C28H30N2O4S/c1-2-29-27-30-23-25(32)24(31)22(34-26(23)35-27)18-33-28(19-12-6-3-7-13-19,20-14-8-4-9-15-20)21-16-10-5-11-17-21/h3-17,22-26,31-32H,2,18H2,1H3,(H,29,30). The highest BCUT2D eigenvalue weighted by Gasteiger charge is 2.50. The van der Waals surface area contributed by atoms with Crippen LogP contribution in [0.4, 0.5) is 0 Å². The van der Waals surface area contributed by atoms with Gasteiger partial charge in [0.2, 0.25) is 0 Å². The Morgan fingerprint density at radius 2 is 1.37 bits per heavy atom. The molecule has 3 aromatic rings. The number of aliphatic hydroxyl groups excluding tert-OH is 2. The molecule has 182 valence electrons. The summed E-state index contributed by atoms with van der Waals surface area (Å²) in [5, 5.41) is 25.7. The van der Waals surface area contributed by atoms with Gasteiger partial charge in [0.25, 0.3) is 0 Å². The summed E-state index contributed by atoms with van der Waals surface area (Å²) in [5.74, 6) is 0. The second-order valence-electron chi connectivity index (χ2n) is 8.68. The first-order chi connectivity index (χ1) is 17.1. The zero-order valence-corrected chi connectivity index (χ0v) is 20.3. The van der Waals surface area contributed by atoms with Crippen molar-refractivity contribution in [3.05, 3.63) is 108 Å². The van der Waals surface area contributed by atoms with Gasteiger partial charge < -0.3 is 25.0 Å². The van der Waals surface area contributed by atoms with Gasteiger partial charge >= 0.3 is 0 Å². The molecule has 5 atom stereocenters. The number of thioether (sulfide) groups is 1. The maximum atomic E-state index is 11.0. The number of hydrogen-bond donors (Lipinski definition) is 3. The first kappa shape index (κ1) is 24.0. The average molecular weight is 491 g/mol. The molecule has 0 saturated carbocycles. The first-order valence-electron chi connectivity index (χ1n) is 11.9. The molecule has 2 fully saturated rings. The number of fused-ring (bicyclic) bond motifs is 1. The highest BCUT2D eigenvalue weighted by Crippen LogP contribution is 2.41. The number of aliphatic imine (C=N–C) groups is 1. The van der Waals surface area contributed by atoms with Gasteiger partial charge in [0.05, 0.1) is 12.6 Å². The molecule has 5 unspecified atom stereocenters. The molecule has 3 N–H and O–H groups in total. The van der Waals surface area contributed by atoms with Crippen molar-refractivity contribution in [3.63, 3.8) is 0 Å². The Kier molecular flexibility index (Phi) is 7.22. The van der Waals surface area contributed by atoms with Gasteiger partial charge in [0.1, 0.15) is 29.3 Å². The van der Waals surface area contributed by atoms with Gasteiger partial charge in [-0.15, -0.1) is 0 Å². The van der Waals surface area contributed by atoms with Crippen LogP contribution in [0.25, 0.3) is 0 Å². The Labute approximate surface area is 210 Å². The van der Waals surface area contributed by atoms with E-state index in [0.717, 1.165) is 21.9 Å². The summed E-state index contributed by atoms with van der Waals surface area (Å²) in [4.78, 5) is 4.40. The molecule has 0 radical (unpaired) electrons. The molecule has 0 bridgehead atoms. The number of rotatable bonds is 7. The monoisotopic (exact) mass is 490 g/mol. The van der Waals surface area contributed by atoms with Gasteiger partial charge in [-0.1, -0.05) is 103 Å². The Hall–Kier alpha value is -2.68. The Morgan fingerprint density at radius 3 is 1.86 bits per heavy atom. The van der Waals surface area contributed by atoms with Crippen LogP contribution in [0.5, 0.6) is 0 Å². The molecule has 0 spiro atoms. The average Bonchev–Trinajstić information content (AvgIpc) is 3.32. The second kappa shape index (κ2) is 10.5. The van der Waals surface area contributed by atoms with Crippen LogP contribution in [0.2, 0.25) is 0 Å². The van der Waals surface area contributed by atoms with Crippen molar-refractivity contribution in [2.75, 3.05) is 13.2 Å². The fraction of sp³-hybridized carbons (Fsp3) is 0.321. The van der Waals surface area contributed by atoms with Gasteiger partial charge in [-0.2, -0.15) is 0 Å². The molecular weight excluding hydrogens is 460 g/mol. The van der Waals surface area contributed by atoms with Gasteiger partial charge in [-0.25, -0.2) is 0 Å². The normalized spacial score (nSPS) is 27.4. The molecule has 0 aliphatic carbocycles. The van der Waals surface area contributed by atoms with Crippen LogP contribution in [0, 0.1) is 0 Å². The summed E-state index contributed by atoms with van der Waals surface area (Å²) in [5.41, 5.74) is 1.62. The van der Waals surface area contributed by atoms with Crippen LogP contribution in [-0.2, 0) is 15.1 Å². The second-order valence-corrected chi connectivity index (χ2v) is 9.77. The zero-order valence-electron chi connectivity index (χ0n) is 19.5. The van der Waals surface area contributed by atoms with Crippen molar-refractivity contribution in [2.24, 2.45) is 4.99 Å². The Balaban J connectivity index is 1.50. The van der Waals surface area contributed by atoms with Crippen LogP contribution >= 0.6 is 11.8 Å². The number of benzene rings is 3. The van der Waals surface area contributed by atoms with Crippen molar-refractivity contribution >= 4 is 16.9 Å². The highest BCUT2D eigenvalue weighted by molar-refractivity contribution is 8.14. The third kappa shape index (κ3) is 4.62. The molecule has 2 saturated heterocycles. The summed E-state index contributed by atoms with van der Waals surface area (Å²) < 4.78 is 13.1. The summed E-state index contributed by atoms with van der Waals surface area (Å²) in [6, 6.07) is 29.8. The van der Waals surface area contributed by atoms with E-state index < -0.39 is 30.0 Å². The molecular formula is C28H30N2O4S. The minimum absolute atomic E-state index is 0.0843. The van der Waals surface area contributed by atoms with E-state index in [1.54, 1.807) is 0 Å². The van der Waals surface area contributed by atoms with E-state index in [9.17, 15) is 10.2 Å². The molecule has 0 amide bonds. The largest absolute Gasteiger partial charge is 0.388 e. The predicted octanol–water partition coefficient (Wildman–Crippen LogP) is 3.52. The lowest BCUT2D eigenvalue weighted by Crippen LogP contribution is -2.60. The van der Waals surface area contributed by atoms with Gasteiger partial charge in [-0.05, 0) is 23.6 Å². The highest BCUT2D eigenvalue weighted by atomic mass is 32.2. The number of nitrogens with one attached hydrogen (secondary N) is 1. The van der Waals surface area contributed by atoms with Gasteiger partial charge in [-0.3, -0.25) is 4.99 Å². The zero-order chi connectivity index (χ0) is 24.3. The Bertz CT molecular complexity index is 1030. The van der Waals surface area contributed by atoms with Crippen LogP contribution < -0.4 is 5.32 Å². The minimum atomic E-state index is -1.11. The SMILES string of the molecule is CCN=C1NC2C(OC(COC(c3ccccc3)(c3ccccc3)c3ccccc3)C(O)C2O)S1.